The summed E-state index contributed by atoms with van der Waals surface area (Å²) in [6.45, 7) is 6.96. The van der Waals surface area contributed by atoms with Gasteiger partial charge in [0.15, 0.2) is 11.7 Å². The molecule has 1 aromatic heterocycles. The molecule has 1 unspecified atom stereocenters. The minimum absolute atomic E-state index is 0.278. The van der Waals surface area contributed by atoms with Crippen LogP contribution in [0.2, 0.25) is 0 Å². The second-order valence-corrected chi connectivity index (χ2v) is 9.93. The maximum atomic E-state index is 12.0. The van der Waals surface area contributed by atoms with Crippen LogP contribution in [-0.2, 0) is 4.79 Å². The van der Waals surface area contributed by atoms with Crippen LogP contribution in [0.15, 0.2) is 22.3 Å². The largest absolute Gasteiger partial charge is 0.449 e. The molecular formula is C23H31NO2. The van der Waals surface area contributed by atoms with Gasteiger partial charge in [0, 0.05) is 19.3 Å². The standard InChI is InChI=1S/C23H31NO2/c1-14-24-21(13-26-14)20-7-6-18-17-5-4-15-12-16(25)8-10-22(15,2)19(17)9-11-23(18,20)3/h12-13,17-20H,4-11H2,1-3H3/t17-,18-,19-,20?,22-,23-/m0/s1. The molecule has 4 aliphatic rings. The van der Waals surface area contributed by atoms with E-state index in [4.69, 9.17) is 9.40 Å². The van der Waals surface area contributed by atoms with Gasteiger partial charge in [-0.05, 0) is 79.6 Å². The van der Waals surface area contributed by atoms with E-state index < -0.39 is 0 Å². The highest BCUT2D eigenvalue weighted by Crippen LogP contribution is 2.68. The summed E-state index contributed by atoms with van der Waals surface area (Å²) in [6, 6.07) is 0. The minimum atomic E-state index is 0.278. The summed E-state index contributed by atoms with van der Waals surface area (Å²) in [5.41, 5.74) is 3.31. The second kappa shape index (κ2) is 5.56. The fourth-order valence-corrected chi connectivity index (χ4v) is 7.59. The average molecular weight is 354 g/mol. The Kier molecular flexibility index (Phi) is 3.59. The topological polar surface area (TPSA) is 43.1 Å². The van der Waals surface area contributed by atoms with Crippen molar-refractivity contribution in [1.29, 1.82) is 0 Å². The van der Waals surface area contributed by atoms with Crippen LogP contribution in [0.5, 0.6) is 0 Å². The number of carbonyl (C=O) groups is 1. The van der Waals surface area contributed by atoms with E-state index in [0.717, 1.165) is 42.9 Å². The molecule has 0 amide bonds. The van der Waals surface area contributed by atoms with E-state index in [9.17, 15) is 4.79 Å². The zero-order valence-corrected chi connectivity index (χ0v) is 16.4. The first-order valence-electron chi connectivity index (χ1n) is 10.6. The van der Waals surface area contributed by atoms with Crippen molar-refractivity contribution in [3.05, 3.63) is 29.5 Å². The number of aryl methyl sites for hydroxylation is 1. The fourth-order valence-electron chi connectivity index (χ4n) is 7.59. The molecule has 3 heteroatoms. The number of rotatable bonds is 1. The third kappa shape index (κ3) is 2.18. The van der Waals surface area contributed by atoms with Crippen LogP contribution in [0.1, 0.15) is 82.7 Å². The molecule has 3 nitrogen and oxygen atoms in total. The molecular weight excluding hydrogens is 322 g/mol. The molecule has 4 aliphatic carbocycles. The number of hydrogen-bond acceptors (Lipinski definition) is 3. The molecule has 26 heavy (non-hydrogen) atoms. The van der Waals surface area contributed by atoms with Crippen LogP contribution in [0, 0.1) is 35.5 Å². The molecule has 0 N–H and O–H groups in total. The van der Waals surface area contributed by atoms with Crippen LogP contribution < -0.4 is 0 Å². The lowest BCUT2D eigenvalue weighted by Gasteiger charge is -2.58. The Bertz CT molecular complexity index is 777. The number of allylic oxidation sites excluding steroid dienone is 1. The molecule has 0 aromatic carbocycles. The van der Waals surface area contributed by atoms with Gasteiger partial charge >= 0.3 is 0 Å². The summed E-state index contributed by atoms with van der Waals surface area (Å²) in [5, 5.41) is 0. The highest BCUT2D eigenvalue weighted by atomic mass is 16.3. The summed E-state index contributed by atoms with van der Waals surface area (Å²) < 4.78 is 5.55. The Hall–Kier alpha value is -1.38. The molecule has 0 aliphatic heterocycles. The first-order chi connectivity index (χ1) is 12.4. The van der Waals surface area contributed by atoms with Gasteiger partial charge in [0.25, 0.3) is 0 Å². The zero-order valence-electron chi connectivity index (χ0n) is 16.4. The summed E-state index contributed by atoms with van der Waals surface area (Å²) >= 11 is 0. The zero-order chi connectivity index (χ0) is 18.1. The first-order valence-corrected chi connectivity index (χ1v) is 10.6. The lowest BCUT2D eigenvalue weighted by atomic mass is 9.47. The van der Waals surface area contributed by atoms with Gasteiger partial charge in [-0.15, -0.1) is 0 Å². The SMILES string of the molecule is Cc1nc(C2CC[C@H]3[C@@H]4CCC5=CC(=O)CC[C@]5(C)[C@H]4CC[C@]23C)co1. The van der Waals surface area contributed by atoms with Crippen LogP contribution in [0.3, 0.4) is 0 Å². The maximum Gasteiger partial charge on any atom is 0.191 e. The molecule has 140 valence electrons. The molecule has 0 bridgehead atoms. The summed E-state index contributed by atoms with van der Waals surface area (Å²) in [4.78, 5) is 16.7. The van der Waals surface area contributed by atoms with Crippen molar-refractivity contribution >= 4 is 5.78 Å². The number of nitrogens with zero attached hydrogens (tertiary/aromatic N) is 1. The van der Waals surface area contributed by atoms with E-state index in [-0.39, 0.29) is 5.41 Å². The predicted octanol–water partition coefficient (Wildman–Crippen LogP) is 5.60. The number of carbonyl (C=O) groups excluding carboxylic acids is 1. The van der Waals surface area contributed by atoms with Crippen molar-refractivity contribution in [2.24, 2.45) is 28.6 Å². The van der Waals surface area contributed by atoms with Crippen molar-refractivity contribution in [3.63, 3.8) is 0 Å². The molecule has 3 saturated carbocycles. The Balaban J connectivity index is 1.47. The highest BCUT2D eigenvalue weighted by molar-refractivity contribution is 5.91. The van der Waals surface area contributed by atoms with Crippen molar-refractivity contribution in [3.8, 4) is 0 Å². The van der Waals surface area contributed by atoms with Gasteiger partial charge < -0.3 is 4.42 Å². The quantitative estimate of drug-likeness (QED) is 0.660. The monoisotopic (exact) mass is 353 g/mol. The lowest BCUT2D eigenvalue weighted by Crippen LogP contribution is -2.50. The van der Waals surface area contributed by atoms with Crippen molar-refractivity contribution in [2.45, 2.75) is 78.1 Å². The smallest absolute Gasteiger partial charge is 0.191 e. The summed E-state index contributed by atoms with van der Waals surface area (Å²) in [6.07, 6.45) is 13.4. The van der Waals surface area contributed by atoms with E-state index in [2.05, 4.69) is 13.8 Å². The Morgan fingerprint density at radius 3 is 2.69 bits per heavy atom. The molecule has 5 rings (SSSR count). The van der Waals surface area contributed by atoms with Crippen molar-refractivity contribution < 1.29 is 9.21 Å². The molecule has 0 spiro atoms. The van der Waals surface area contributed by atoms with Gasteiger partial charge in [-0.25, -0.2) is 4.98 Å². The summed E-state index contributed by atoms with van der Waals surface area (Å²) in [7, 11) is 0. The van der Waals surface area contributed by atoms with Gasteiger partial charge in [-0.1, -0.05) is 19.4 Å². The van der Waals surface area contributed by atoms with Crippen LogP contribution in [0.4, 0.5) is 0 Å². The van der Waals surface area contributed by atoms with E-state index in [1.807, 2.05) is 19.3 Å². The van der Waals surface area contributed by atoms with E-state index in [1.165, 1.54) is 43.4 Å². The number of aromatic nitrogens is 1. The molecule has 3 fully saturated rings. The van der Waals surface area contributed by atoms with Crippen LogP contribution in [0.25, 0.3) is 0 Å². The molecule has 6 atom stereocenters. The van der Waals surface area contributed by atoms with Gasteiger partial charge in [0.1, 0.15) is 6.26 Å². The third-order valence-electron chi connectivity index (χ3n) is 8.96. The number of oxazole rings is 1. The molecule has 1 heterocycles. The predicted molar refractivity (Wildman–Crippen MR) is 101 cm³/mol. The Morgan fingerprint density at radius 1 is 1.08 bits per heavy atom. The normalized spacial score (nSPS) is 44.9. The van der Waals surface area contributed by atoms with Crippen molar-refractivity contribution in [2.75, 3.05) is 0 Å². The van der Waals surface area contributed by atoms with Crippen LogP contribution in [-0.4, -0.2) is 10.8 Å². The fraction of sp³-hybridized carbons (Fsp3) is 0.739. The van der Waals surface area contributed by atoms with E-state index >= 15 is 0 Å². The molecule has 0 radical (unpaired) electrons. The Morgan fingerprint density at radius 2 is 1.92 bits per heavy atom. The maximum absolute atomic E-state index is 12.0. The van der Waals surface area contributed by atoms with Crippen LogP contribution >= 0.6 is 0 Å². The van der Waals surface area contributed by atoms with Gasteiger partial charge in [0.2, 0.25) is 0 Å². The highest BCUT2D eigenvalue weighted by Gasteiger charge is 2.59. The third-order valence-corrected chi connectivity index (χ3v) is 8.96. The van der Waals surface area contributed by atoms with E-state index in [1.54, 1.807) is 0 Å². The average Bonchev–Trinajstić information content (AvgIpc) is 3.18. The second-order valence-electron chi connectivity index (χ2n) is 9.93. The lowest BCUT2D eigenvalue weighted by molar-refractivity contribution is -0.117. The Labute approximate surface area is 156 Å². The minimum Gasteiger partial charge on any atom is -0.449 e. The summed E-state index contributed by atoms with van der Waals surface area (Å²) in [5.74, 6) is 4.11. The number of ketones is 1. The number of hydrogen-bond donors (Lipinski definition) is 0. The van der Waals surface area contributed by atoms with Gasteiger partial charge in [0.05, 0.1) is 5.69 Å². The van der Waals surface area contributed by atoms with Crippen molar-refractivity contribution in [1.82, 2.24) is 4.98 Å². The van der Waals surface area contributed by atoms with E-state index in [0.29, 0.717) is 17.1 Å². The van der Waals surface area contributed by atoms with Gasteiger partial charge in [-0.3, -0.25) is 4.79 Å². The molecule has 0 saturated heterocycles. The molecule has 1 aromatic rings. The van der Waals surface area contributed by atoms with Gasteiger partial charge in [-0.2, -0.15) is 0 Å². The first kappa shape index (κ1) is 16.8. The number of fused-ring (bicyclic) bond motifs is 5.